The molecule has 33 heavy (non-hydrogen) atoms. The van der Waals surface area contributed by atoms with E-state index in [2.05, 4.69) is 30.3 Å². The molecule has 0 radical (unpaired) electrons. The molecule has 0 bridgehead atoms. The van der Waals surface area contributed by atoms with E-state index in [1.54, 1.807) is 18.2 Å². The minimum absolute atomic E-state index is 0.0497. The van der Waals surface area contributed by atoms with Gasteiger partial charge in [0.25, 0.3) is 0 Å². The van der Waals surface area contributed by atoms with Crippen molar-refractivity contribution in [1.82, 2.24) is 15.1 Å². The minimum Gasteiger partial charge on any atom is -0.493 e. The van der Waals surface area contributed by atoms with E-state index < -0.39 is 5.76 Å². The van der Waals surface area contributed by atoms with Crippen molar-refractivity contribution in [3.8, 4) is 11.5 Å². The standard InChI is InChI=1S/C24H30ClN3O5/c1-16(2)7-6-8-17(3)13-14-26-20(29)15-28-24(30)33-21(27-28)12-10-18-9-11-19(31-4)23(32-5)22(18)25/h7,9-13H,6,8,14-15H2,1-5H3,(H,26,29). The summed E-state index contributed by atoms with van der Waals surface area (Å²) < 4.78 is 16.5. The van der Waals surface area contributed by atoms with Crippen molar-refractivity contribution in [1.29, 1.82) is 0 Å². The van der Waals surface area contributed by atoms with E-state index in [9.17, 15) is 9.59 Å². The number of hydrogen-bond acceptors (Lipinski definition) is 6. The number of methoxy groups -OCH3 is 2. The van der Waals surface area contributed by atoms with Crippen LogP contribution in [0.3, 0.4) is 0 Å². The average molecular weight is 476 g/mol. The molecule has 0 aliphatic heterocycles. The molecule has 1 heterocycles. The lowest BCUT2D eigenvalue weighted by Crippen LogP contribution is -2.31. The quantitative estimate of drug-likeness (QED) is 0.481. The Labute approximate surface area is 198 Å². The van der Waals surface area contributed by atoms with Gasteiger partial charge in [0.2, 0.25) is 11.8 Å². The monoisotopic (exact) mass is 475 g/mol. The number of carbonyl (C=O) groups excluding carboxylic acids is 1. The Kier molecular flexibility index (Phi) is 10.00. The van der Waals surface area contributed by atoms with Gasteiger partial charge in [-0.2, -0.15) is 4.68 Å². The zero-order valence-corrected chi connectivity index (χ0v) is 20.4. The van der Waals surface area contributed by atoms with Gasteiger partial charge in [0.15, 0.2) is 11.5 Å². The molecule has 178 valence electrons. The highest BCUT2D eigenvalue weighted by Gasteiger charge is 2.13. The third kappa shape index (κ3) is 7.98. The Morgan fingerprint density at radius 1 is 1.18 bits per heavy atom. The molecule has 0 fully saturated rings. The Morgan fingerprint density at radius 2 is 1.94 bits per heavy atom. The van der Waals surface area contributed by atoms with Crippen molar-refractivity contribution in [2.24, 2.45) is 0 Å². The van der Waals surface area contributed by atoms with Gasteiger partial charge in [0.1, 0.15) is 6.54 Å². The number of rotatable bonds is 11. The fourth-order valence-corrected chi connectivity index (χ4v) is 3.20. The molecule has 2 aromatic rings. The molecule has 0 saturated heterocycles. The van der Waals surface area contributed by atoms with E-state index >= 15 is 0 Å². The molecule has 2 rings (SSSR count). The molecule has 8 nitrogen and oxygen atoms in total. The summed E-state index contributed by atoms with van der Waals surface area (Å²) in [6.45, 7) is 6.31. The lowest BCUT2D eigenvalue weighted by molar-refractivity contribution is -0.121. The van der Waals surface area contributed by atoms with Crippen LogP contribution in [0.25, 0.3) is 12.2 Å². The van der Waals surface area contributed by atoms with E-state index in [4.69, 9.17) is 25.5 Å². The van der Waals surface area contributed by atoms with Gasteiger partial charge >= 0.3 is 5.76 Å². The fraction of sp³-hybridized carbons (Fsp3) is 0.375. The summed E-state index contributed by atoms with van der Waals surface area (Å²) in [5.74, 6) is -0.117. The third-order valence-electron chi connectivity index (χ3n) is 4.68. The van der Waals surface area contributed by atoms with Gasteiger partial charge in [-0.25, -0.2) is 4.79 Å². The van der Waals surface area contributed by atoms with E-state index in [1.165, 1.54) is 31.4 Å². The maximum atomic E-state index is 12.2. The zero-order valence-electron chi connectivity index (χ0n) is 19.6. The first-order chi connectivity index (χ1) is 15.7. The molecule has 1 aromatic heterocycles. The average Bonchev–Trinajstić information content (AvgIpc) is 3.11. The van der Waals surface area contributed by atoms with Crippen LogP contribution in [0.2, 0.25) is 5.02 Å². The number of aromatic nitrogens is 2. The number of ether oxygens (including phenoxy) is 2. The maximum absolute atomic E-state index is 12.2. The van der Waals surface area contributed by atoms with Crippen LogP contribution in [-0.2, 0) is 11.3 Å². The number of allylic oxidation sites excluding steroid dienone is 3. The Hall–Kier alpha value is -3.26. The van der Waals surface area contributed by atoms with Gasteiger partial charge in [-0.3, -0.25) is 4.79 Å². The largest absolute Gasteiger partial charge is 0.493 e. The van der Waals surface area contributed by atoms with Gasteiger partial charge in [-0.1, -0.05) is 34.9 Å². The summed E-state index contributed by atoms with van der Waals surface area (Å²) in [7, 11) is 3.01. The highest BCUT2D eigenvalue weighted by Crippen LogP contribution is 2.37. The minimum atomic E-state index is -0.725. The molecule has 1 aromatic carbocycles. The Bertz CT molecular complexity index is 1110. The van der Waals surface area contributed by atoms with Crippen molar-refractivity contribution in [3.05, 3.63) is 62.5 Å². The first-order valence-corrected chi connectivity index (χ1v) is 10.8. The number of hydrogen-bond donors (Lipinski definition) is 1. The second-order valence-corrected chi connectivity index (χ2v) is 7.95. The lowest BCUT2D eigenvalue weighted by atomic mass is 10.1. The molecule has 0 atom stereocenters. The number of nitrogens with zero attached hydrogens (tertiary/aromatic N) is 2. The molecular weight excluding hydrogens is 446 g/mol. The SMILES string of the molecule is COc1ccc(C=Cc2nn(CC(=O)NCC=C(C)CCC=C(C)C)c(=O)o2)c(Cl)c1OC. The zero-order chi connectivity index (χ0) is 24.4. The smallest absolute Gasteiger partial charge is 0.437 e. The van der Waals surface area contributed by atoms with Crippen molar-refractivity contribution in [2.45, 2.75) is 40.2 Å². The number of halogens is 1. The number of nitrogens with one attached hydrogen (secondary N) is 1. The molecule has 0 unspecified atom stereocenters. The van der Waals surface area contributed by atoms with E-state index in [-0.39, 0.29) is 18.3 Å². The van der Waals surface area contributed by atoms with Gasteiger partial charge in [-0.15, -0.1) is 5.10 Å². The van der Waals surface area contributed by atoms with Crippen molar-refractivity contribution in [2.75, 3.05) is 20.8 Å². The molecule has 9 heteroatoms. The predicted octanol–water partition coefficient (Wildman–Crippen LogP) is 4.49. The summed E-state index contributed by atoms with van der Waals surface area (Å²) in [4.78, 5) is 24.2. The first-order valence-electron chi connectivity index (χ1n) is 10.5. The summed E-state index contributed by atoms with van der Waals surface area (Å²) in [5, 5.41) is 7.14. The topological polar surface area (TPSA) is 95.6 Å². The summed E-state index contributed by atoms with van der Waals surface area (Å²) >= 11 is 6.34. The predicted molar refractivity (Wildman–Crippen MR) is 130 cm³/mol. The summed E-state index contributed by atoms with van der Waals surface area (Å²) in [6, 6.07) is 3.44. The Morgan fingerprint density at radius 3 is 2.61 bits per heavy atom. The van der Waals surface area contributed by atoms with Crippen LogP contribution in [0.1, 0.15) is 45.1 Å². The third-order valence-corrected chi connectivity index (χ3v) is 5.07. The van der Waals surface area contributed by atoms with E-state index in [0.717, 1.165) is 17.5 Å². The highest BCUT2D eigenvalue weighted by molar-refractivity contribution is 6.34. The second kappa shape index (κ2) is 12.7. The first kappa shape index (κ1) is 26.0. The van der Waals surface area contributed by atoms with Crippen molar-refractivity contribution in [3.63, 3.8) is 0 Å². The van der Waals surface area contributed by atoms with Crippen LogP contribution < -0.4 is 20.5 Å². The van der Waals surface area contributed by atoms with Gasteiger partial charge in [0.05, 0.1) is 19.2 Å². The van der Waals surface area contributed by atoms with Gasteiger partial charge < -0.3 is 19.2 Å². The summed E-state index contributed by atoms with van der Waals surface area (Å²) in [5.41, 5.74) is 3.10. The van der Waals surface area contributed by atoms with E-state index in [0.29, 0.717) is 28.6 Å². The molecule has 0 saturated carbocycles. The normalized spacial score (nSPS) is 11.5. The van der Waals surface area contributed by atoms with Crippen LogP contribution in [0, 0.1) is 0 Å². The summed E-state index contributed by atoms with van der Waals surface area (Å²) in [6.07, 6.45) is 9.16. The number of carbonyl (C=O) groups is 1. The van der Waals surface area contributed by atoms with Gasteiger partial charge in [0, 0.05) is 12.6 Å². The van der Waals surface area contributed by atoms with Crippen LogP contribution in [0.15, 0.2) is 44.6 Å². The molecule has 0 aliphatic carbocycles. The number of amides is 1. The molecule has 0 aliphatic rings. The Balaban J connectivity index is 1.97. The fourth-order valence-electron chi connectivity index (χ4n) is 2.91. The lowest BCUT2D eigenvalue weighted by Gasteiger charge is -2.10. The molecular formula is C24H30ClN3O5. The maximum Gasteiger partial charge on any atom is 0.437 e. The molecule has 1 amide bonds. The molecule has 0 spiro atoms. The van der Waals surface area contributed by atoms with Crippen LogP contribution in [-0.4, -0.2) is 36.5 Å². The highest BCUT2D eigenvalue weighted by atomic mass is 35.5. The second-order valence-electron chi connectivity index (χ2n) is 7.58. The van der Waals surface area contributed by atoms with Gasteiger partial charge in [-0.05, 0) is 57.4 Å². The van der Waals surface area contributed by atoms with Crippen LogP contribution in [0.4, 0.5) is 0 Å². The number of benzene rings is 1. The van der Waals surface area contributed by atoms with Crippen LogP contribution in [0.5, 0.6) is 11.5 Å². The van der Waals surface area contributed by atoms with Crippen LogP contribution >= 0.6 is 11.6 Å². The van der Waals surface area contributed by atoms with Crippen molar-refractivity contribution >= 4 is 29.7 Å². The molecule has 1 N–H and O–H groups in total. The van der Waals surface area contributed by atoms with E-state index in [1.807, 2.05) is 13.0 Å². The van der Waals surface area contributed by atoms with Crippen molar-refractivity contribution < 1.29 is 18.7 Å².